The van der Waals surface area contributed by atoms with E-state index in [4.69, 9.17) is 4.74 Å². The first kappa shape index (κ1) is 12.5. The Kier molecular flexibility index (Phi) is 5.36. The zero-order chi connectivity index (χ0) is 11.8. The Hall–Kier alpha value is -1.55. The third kappa shape index (κ3) is 4.31. The summed E-state index contributed by atoms with van der Waals surface area (Å²) in [6.45, 7) is 2.61. The van der Waals surface area contributed by atoms with Crippen molar-refractivity contribution in [1.29, 1.82) is 0 Å². The minimum Gasteiger partial charge on any atom is -0.494 e. The number of aryl methyl sites for hydroxylation is 1. The molecule has 0 unspecified atom stereocenters. The molecule has 0 radical (unpaired) electrons. The maximum Gasteiger partial charge on any atom is 0.243 e. The molecule has 1 N–H and O–H groups in total. The van der Waals surface area contributed by atoms with E-state index in [1.54, 1.807) is 0 Å². The van der Waals surface area contributed by atoms with Crippen molar-refractivity contribution in [3.05, 3.63) is 29.8 Å². The van der Waals surface area contributed by atoms with E-state index < -0.39 is 0 Å². The fourth-order valence-corrected chi connectivity index (χ4v) is 1.34. The highest BCUT2D eigenvalue weighted by molar-refractivity contribution is 5.75. The lowest BCUT2D eigenvalue weighted by Gasteiger charge is -2.05. The van der Waals surface area contributed by atoms with Crippen molar-refractivity contribution in [3.8, 4) is 5.75 Å². The van der Waals surface area contributed by atoms with Gasteiger partial charge in [-0.25, -0.2) is 5.48 Å². The summed E-state index contributed by atoms with van der Waals surface area (Å²) >= 11 is 0. The number of amides is 1. The molecular weight excluding hydrogens is 206 g/mol. The maximum atomic E-state index is 11.1. The van der Waals surface area contributed by atoms with Crippen LogP contribution in [0.25, 0.3) is 0 Å². The molecule has 0 atom stereocenters. The molecule has 0 saturated heterocycles. The minimum absolute atomic E-state index is 0.114. The first-order chi connectivity index (χ1) is 7.76. The summed E-state index contributed by atoms with van der Waals surface area (Å²) in [6, 6.07) is 7.75. The van der Waals surface area contributed by atoms with Crippen LogP contribution in [0.15, 0.2) is 24.3 Å². The first-order valence-electron chi connectivity index (χ1n) is 5.29. The van der Waals surface area contributed by atoms with Crippen molar-refractivity contribution >= 4 is 5.91 Å². The van der Waals surface area contributed by atoms with E-state index in [2.05, 4.69) is 10.3 Å². The number of carbonyl (C=O) groups excluding carboxylic acids is 1. The standard InChI is InChI=1S/C12H17NO3/c1-3-16-11-7-4-10(5-8-11)6-9-12(14)13-15-2/h4-5,7-8H,3,6,9H2,1-2H3,(H,13,14). The van der Waals surface area contributed by atoms with E-state index in [1.165, 1.54) is 7.11 Å². The number of hydroxylamine groups is 1. The lowest BCUT2D eigenvalue weighted by molar-refractivity contribution is -0.131. The second-order valence-electron chi connectivity index (χ2n) is 3.31. The lowest BCUT2D eigenvalue weighted by Crippen LogP contribution is -2.21. The van der Waals surface area contributed by atoms with Gasteiger partial charge in [-0.05, 0) is 31.0 Å². The van der Waals surface area contributed by atoms with Gasteiger partial charge < -0.3 is 4.74 Å². The Morgan fingerprint density at radius 1 is 1.31 bits per heavy atom. The lowest BCUT2D eigenvalue weighted by atomic mass is 10.1. The molecule has 0 aliphatic heterocycles. The molecule has 1 amide bonds. The topological polar surface area (TPSA) is 47.6 Å². The van der Waals surface area contributed by atoms with Gasteiger partial charge in [0.05, 0.1) is 13.7 Å². The zero-order valence-electron chi connectivity index (χ0n) is 9.66. The Labute approximate surface area is 95.5 Å². The normalized spacial score (nSPS) is 9.88. The molecule has 1 aromatic rings. The highest BCUT2D eigenvalue weighted by Crippen LogP contribution is 2.13. The molecule has 4 nitrogen and oxygen atoms in total. The van der Waals surface area contributed by atoms with Gasteiger partial charge in [-0.15, -0.1) is 0 Å². The van der Waals surface area contributed by atoms with Crippen LogP contribution in [0, 0.1) is 0 Å². The Balaban J connectivity index is 2.40. The predicted molar refractivity (Wildman–Crippen MR) is 61.1 cm³/mol. The number of ether oxygens (including phenoxy) is 1. The SMILES string of the molecule is CCOc1ccc(CCC(=O)NOC)cc1. The van der Waals surface area contributed by atoms with Gasteiger partial charge in [0.15, 0.2) is 0 Å². The molecule has 0 heterocycles. The number of nitrogens with one attached hydrogen (secondary N) is 1. The van der Waals surface area contributed by atoms with Crippen LogP contribution >= 0.6 is 0 Å². The Morgan fingerprint density at radius 2 is 2.00 bits per heavy atom. The van der Waals surface area contributed by atoms with Crippen LogP contribution in [0.2, 0.25) is 0 Å². The third-order valence-corrected chi connectivity index (χ3v) is 2.09. The summed E-state index contributed by atoms with van der Waals surface area (Å²) in [5, 5.41) is 0. The molecular formula is C12H17NO3. The van der Waals surface area contributed by atoms with Gasteiger partial charge >= 0.3 is 0 Å². The maximum absolute atomic E-state index is 11.1. The van der Waals surface area contributed by atoms with Crippen molar-refractivity contribution in [2.24, 2.45) is 0 Å². The van der Waals surface area contributed by atoms with Crippen LogP contribution in [-0.4, -0.2) is 19.6 Å². The van der Waals surface area contributed by atoms with E-state index in [1.807, 2.05) is 31.2 Å². The molecule has 88 valence electrons. The summed E-state index contributed by atoms with van der Waals surface area (Å²) in [5.74, 6) is 0.740. The van der Waals surface area contributed by atoms with Gasteiger partial charge in [-0.2, -0.15) is 0 Å². The number of benzene rings is 1. The second kappa shape index (κ2) is 6.85. The summed E-state index contributed by atoms with van der Waals surface area (Å²) in [5.41, 5.74) is 3.39. The van der Waals surface area contributed by atoms with E-state index in [0.717, 1.165) is 11.3 Å². The molecule has 16 heavy (non-hydrogen) atoms. The molecule has 0 saturated carbocycles. The van der Waals surface area contributed by atoms with Crippen LogP contribution in [0.3, 0.4) is 0 Å². The Morgan fingerprint density at radius 3 is 2.56 bits per heavy atom. The van der Waals surface area contributed by atoms with Gasteiger partial charge in [-0.1, -0.05) is 12.1 Å². The van der Waals surface area contributed by atoms with Crippen LogP contribution in [0.4, 0.5) is 0 Å². The summed E-state index contributed by atoms with van der Waals surface area (Å²) in [7, 11) is 1.43. The average molecular weight is 223 g/mol. The summed E-state index contributed by atoms with van der Waals surface area (Å²) in [4.78, 5) is 15.6. The monoisotopic (exact) mass is 223 g/mol. The van der Waals surface area contributed by atoms with Crippen molar-refractivity contribution < 1.29 is 14.4 Å². The molecule has 0 bridgehead atoms. The number of hydrogen-bond acceptors (Lipinski definition) is 3. The second-order valence-corrected chi connectivity index (χ2v) is 3.31. The molecule has 4 heteroatoms. The van der Waals surface area contributed by atoms with Gasteiger partial charge in [0, 0.05) is 6.42 Å². The minimum atomic E-state index is -0.114. The van der Waals surface area contributed by atoms with Gasteiger partial charge in [0.25, 0.3) is 0 Å². The fraction of sp³-hybridized carbons (Fsp3) is 0.417. The van der Waals surface area contributed by atoms with Gasteiger partial charge in [-0.3, -0.25) is 9.63 Å². The van der Waals surface area contributed by atoms with E-state index in [9.17, 15) is 4.79 Å². The summed E-state index contributed by atoms with van der Waals surface area (Å²) in [6.07, 6.45) is 1.11. The van der Waals surface area contributed by atoms with Gasteiger partial charge in [0.1, 0.15) is 5.75 Å². The molecule has 0 fully saturated rings. The molecule has 0 aliphatic carbocycles. The quantitative estimate of drug-likeness (QED) is 0.747. The largest absolute Gasteiger partial charge is 0.494 e. The third-order valence-electron chi connectivity index (χ3n) is 2.09. The highest BCUT2D eigenvalue weighted by atomic mass is 16.6. The Bertz CT molecular complexity index is 322. The number of carbonyl (C=O) groups is 1. The van der Waals surface area contributed by atoms with Crippen molar-refractivity contribution in [2.45, 2.75) is 19.8 Å². The smallest absolute Gasteiger partial charge is 0.243 e. The van der Waals surface area contributed by atoms with Crippen LogP contribution in [0.1, 0.15) is 18.9 Å². The average Bonchev–Trinajstić information content (AvgIpc) is 2.29. The molecule has 1 rings (SSSR count). The van der Waals surface area contributed by atoms with E-state index in [-0.39, 0.29) is 5.91 Å². The molecule has 0 spiro atoms. The summed E-state index contributed by atoms with van der Waals surface area (Å²) < 4.78 is 5.33. The van der Waals surface area contributed by atoms with Crippen LogP contribution in [-0.2, 0) is 16.1 Å². The van der Waals surface area contributed by atoms with E-state index >= 15 is 0 Å². The molecule has 1 aromatic carbocycles. The molecule has 0 aliphatic rings. The highest BCUT2D eigenvalue weighted by Gasteiger charge is 2.01. The van der Waals surface area contributed by atoms with Crippen LogP contribution in [0.5, 0.6) is 5.75 Å². The zero-order valence-corrected chi connectivity index (χ0v) is 9.66. The fourth-order valence-electron chi connectivity index (χ4n) is 1.34. The van der Waals surface area contributed by atoms with Crippen molar-refractivity contribution in [3.63, 3.8) is 0 Å². The first-order valence-corrected chi connectivity index (χ1v) is 5.29. The predicted octanol–water partition coefficient (Wildman–Crippen LogP) is 1.70. The van der Waals surface area contributed by atoms with Crippen molar-refractivity contribution in [2.75, 3.05) is 13.7 Å². The van der Waals surface area contributed by atoms with Gasteiger partial charge in [0.2, 0.25) is 5.91 Å². The van der Waals surface area contributed by atoms with Crippen LogP contribution < -0.4 is 10.2 Å². The number of hydrogen-bond donors (Lipinski definition) is 1. The number of rotatable bonds is 6. The molecule has 0 aromatic heterocycles. The van der Waals surface area contributed by atoms with Crippen molar-refractivity contribution in [1.82, 2.24) is 5.48 Å². The van der Waals surface area contributed by atoms with E-state index in [0.29, 0.717) is 19.4 Å².